The highest BCUT2D eigenvalue weighted by atomic mass is 35.5. The van der Waals surface area contributed by atoms with E-state index in [1.807, 2.05) is 0 Å². The molecule has 33 heavy (non-hydrogen) atoms. The quantitative estimate of drug-likeness (QED) is 0.456. The van der Waals surface area contributed by atoms with E-state index in [9.17, 15) is 17.6 Å². The van der Waals surface area contributed by atoms with Crippen molar-refractivity contribution in [1.29, 1.82) is 0 Å². The molecule has 0 aliphatic carbocycles. The number of pyridine rings is 1. The van der Waals surface area contributed by atoms with Crippen molar-refractivity contribution in [2.45, 2.75) is 44.2 Å². The first-order valence-corrected chi connectivity index (χ1v) is 12.5. The number of anilines is 2. The fourth-order valence-electron chi connectivity index (χ4n) is 2.81. The third-order valence-corrected chi connectivity index (χ3v) is 6.76. The van der Waals surface area contributed by atoms with Gasteiger partial charge in [-0.2, -0.15) is 0 Å². The number of hydrogen-bond acceptors (Lipinski definition) is 8. The average Bonchev–Trinajstić information content (AvgIpc) is 3.22. The van der Waals surface area contributed by atoms with Gasteiger partial charge >= 0.3 is 6.09 Å². The van der Waals surface area contributed by atoms with Crippen molar-refractivity contribution >= 4 is 50.7 Å². The third-order valence-electron chi connectivity index (χ3n) is 4.27. The van der Waals surface area contributed by atoms with Gasteiger partial charge in [-0.3, -0.25) is 0 Å². The first kappa shape index (κ1) is 24.9. The summed E-state index contributed by atoms with van der Waals surface area (Å²) >= 11 is 7.41. The van der Waals surface area contributed by atoms with Crippen LogP contribution < -0.4 is 9.62 Å². The summed E-state index contributed by atoms with van der Waals surface area (Å²) in [5, 5.41) is 4.34. The van der Waals surface area contributed by atoms with Crippen LogP contribution in [0.5, 0.6) is 0 Å². The number of hydrogen-bond donors (Lipinski definition) is 1. The average molecular weight is 513 g/mol. The lowest BCUT2D eigenvalue weighted by atomic mass is 10.1. The van der Waals surface area contributed by atoms with E-state index in [4.69, 9.17) is 16.3 Å². The van der Waals surface area contributed by atoms with Crippen molar-refractivity contribution in [2.75, 3.05) is 9.62 Å². The predicted octanol–water partition coefficient (Wildman–Crippen LogP) is 5.63. The van der Waals surface area contributed by atoms with Crippen molar-refractivity contribution in [3.63, 3.8) is 0 Å². The van der Waals surface area contributed by atoms with Crippen LogP contribution >= 0.6 is 22.9 Å². The van der Waals surface area contributed by atoms with E-state index in [0.29, 0.717) is 9.87 Å². The van der Waals surface area contributed by atoms with E-state index in [-0.39, 0.29) is 21.6 Å². The van der Waals surface area contributed by atoms with Gasteiger partial charge in [-0.1, -0.05) is 29.8 Å². The monoisotopic (exact) mass is 512 g/mol. The fraction of sp³-hybridized carbons (Fsp3) is 0.286. The molecule has 2 heterocycles. The van der Waals surface area contributed by atoms with Gasteiger partial charge in [0.15, 0.2) is 5.82 Å². The fourth-order valence-corrected chi connectivity index (χ4v) is 4.92. The second kappa shape index (κ2) is 9.62. The summed E-state index contributed by atoms with van der Waals surface area (Å²) in [6.07, 6.45) is -0.0543. The van der Waals surface area contributed by atoms with E-state index >= 15 is 0 Å². The molecule has 0 unspecified atom stereocenters. The smallest absolute Gasteiger partial charge is 0.430 e. The maximum absolute atomic E-state index is 14.1. The summed E-state index contributed by atoms with van der Waals surface area (Å²) in [5.74, 6) is -0.353. The number of carbonyl (C=O) groups is 1. The van der Waals surface area contributed by atoms with Crippen molar-refractivity contribution in [2.24, 2.45) is 0 Å². The Bertz CT molecular complexity index is 1250. The minimum Gasteiger partial charge on any atom is -0.443 e. The largest absolute Gasteiger partial charge is 0.443 e. The molecule has 1 aromatic carbocycles. The third kappa shape index (κ3) is 5.79. The van der Waals surface area contributed by atoms with Crippen LogP contribution in [0.4, 0.5) is 20.8 Å². The molecule has 1 amide bonds. The Kier molecular flexibility index (Phi) is 7.25. The van der Waals surface area contributed by atoms with Crippen molar-refractivity contribution in [3.8, 4) is 0 Å². The van der Waals surface area contributed by atoms with Crippen LogP contribution in [-0.2, 0) is 14.8 Å². The molecule has 0 saturated heterocycles. The molecule has 0 fully saturated rings. The minimum absolute atomic E-state index is 0.0262. The number of rotatable bonds is 6. The van der Waals surface area contributed by atoms with E-state index in [1.165, 1.54) is 17.0 Å². The highest BCUT2D eigenvalue weighted by Crippen LogP contribution is 2.31. The molecule has 0 aliphatic heterocycles. The van der Waals surface area contributed by atoms with E-state index in [2.05, 4.69) is 15.3 Å². The molecule has 12 heteroatoms. The summed E-state index contributed by atoms with van der Waals surface area (Å²) in [7, 11) is -4.45. The Balaban J connectivity index is 1.93. The van der Waals surface area contributed by atoms with Crippen LogP contribution in [0.3, 0.4) is 0 Å². The Morgan fingerprint density at radius 2 is 1.97 bits per heavy atom. The highest BCUT2D eigenvalue weighted by molar-refractivity contribution is 7.93. The molecule has 3 rings (SSSR count). The number of thiazole rings is 1. The zero-order valence-electron chi connectivity index (χ0n) is 18.2. The molecular formula is C21H22ClFN4O4S2. The van der Waals surface area contributed by atoms with Gasteiger partial charge in [0.25, 0.3) is 10.0 Å². The Morgan fingerprint density at radius 3 is 2.55 bits per heavy atom. The van der Waals surface area contributed by atoms with Gasteiger partial charge in [-0.15, -0.1) is 15.6 Å². The SMILES string of the molecule is C[C@H](Nc1ncc(S(=O)(=O)N(C(=O)OC(C)(C)C)c2cscn2)cc1Cl)c1ccccc1F. The minimum atomic E-state index is -4.45. The summed E-state index contributed by atoms with van der Waals surface area (Å²) in [6.45, 7) is 6.57. The van der Waals surface area contributed by atoms with Crippen LogP contribution in [0, 0.1) is 5.82 Å². The molecule has 0 bridgehead atoms. The predicted molar refractivity (Wildman–Crippen MR) is 126 cm³/mol. The standard InChI is InChI=1S/C21H22ClFN4O4S2/c1-13(15-7-5-6-8-17(15)23)26-19-16(22)9-14(10-24-19)33(29,30)27(18-11-32-12-25-18)20(28)31-21(2,3)4/h5-13H,1-4H3,(H,24,26)/t13-/m0/s1. The molecule has 2 aromatic heterocycles. The number of benzene rings is 1. The molecular weight excluding hydrogens is 491 g/mol. The molecule has 0 radical (unpaired) electrons. The van der Waals surface area contributed by atoms with Crippen molar-refractivity contribution in [3.05, 3.63) is 63.8 Å². The van der Waals surface area contributed by atoms with Crippen LogP contribution in [0.1, 0.15) is 39.3 Å². The number of ether oxygens (including phenoxy) is 1. The molecule has 176 valence electrons. The van der Waals surface area contributed by atoms with Crippen molar-refractivity contribution < 1.29 is 22.3 Å². The number of sulfonamides is 1. The van der Waals surface area contributed by atoms with Crippen LogP contribution in [0.15, 0.2) is 52.3 Å². The van der Waals surface area contributed by atoms with Gasteiger partial charge in [0.2, 0.25) is 0 Å². The van der Waals surface area contributed by atoms with Gasteiger partial charge < -0.3 is 10.1 Å². The zero-order valence-corrected chi connectivity index (χ0v) is 20.6. The summed E-state index contributed by atoms with van der Waals surface area (Å²) in [5.41, 5.74) is 0.851. The summed E-state index contributed by atoms with van der Waals surface area (Å²) in [6, 6.07) is 6.89. The van der Waals surface area contributed by atoms with Crippen LogP contribution in [0.2, 0.25) is 5.02 Å². The summed E-state index contributed by atoms with van der Waals surface area (Å²) in [4.78, 5) is 20.5. The second-order valence-electron chi connectivity index (χ2n) is 7.99. The van der Waals surface area contributed by atoms with Crippen LogP contribution in [-0.4, -0.2) is 30.1 Å². The lowest BCUT2D eigenvalue weighted by Crippen LogP contribution is -2.41. The van der Waals surface area contributed by atoms with Gasteiger partial charge in [0.05, 0.1) is 16.6 Å². The number of aromatic nitrogens is 2. The van der Waals surface area contributed by atoms with Gasteiger partial charge in [0, 0.05) is 17.1 Å². The lowest BCUT2D eigenvalue weighted by Gasteiger charge is -2.25. The normalized spacial score (nSPS) is 12.8. The molecule has 8 nitrogen and oxygen atoms in total. The van der Waals surface area contributed by atoms with E-state index in [1.54, 1.807) is 45.9 Å². The summed E-state index contributed by atoms with van der Waals surface area (Å²) < 4.78 is 46.5. The number of halogens is 2. The Hall–Kier alpha value is -2.76. The van der Waals surface area contributed by atoms with Crippen LogP contribution in [0.25, 0.3) is 0 Å². The van der Waals surface area contributed by atoms with Gasteiger partial charge in [-0.05, 0) is 39.8 Å². The zero-order chi connectivity index (χ0) is 24.4. The van der Waals surface area contributed by atoms with E-state index in [0.717, 1.165) is 23.6 Å². The molecule has 1 atom stereocenters. The van der Waals surface area contributed by atoms with Crippen molar-refractivity contribution in [1.82, 2.24) is 9.97 Å². The molecule has 1 N–H and O–H groups in total. The second-order valence-corrected chi connectivity index (χ2v) is 10.9. The van der Waals surface area contributed by atoms with Gasteiger partial charge in [0.1, 0.15) is 22.1 Å². The molecule has 0 saturated carbocycles. The Morgan fingerprint density at radius 1 is 1.27 bits per heavy atom. The number of nitrogens with one attached hydrogen (secondary N) is 1. The lowest BCUT2D eigenvalue weighted by molar-refractivity contribution is 0.0608. The molecule has 3 aromatic rings. The number of carbonyl (C=O) groups excluding carboxylic acids is 1. The maximum atomic E-state index is 14.1. The molecule has 0 aliphatic rings. The molecule has 0 spiro atoms. The number of amides is 1. The first-order valence-electron chi connectivity index (χ1n) is 9.73. The highest BCUT2D eigenvalue weighted by Gasteiger charge is 2.36. The van der Waals surface area contributed by atoms with E-state index < -0.39 is 33.6 Å². The van der Waals surface area contributed by atoms with Gasteiger partial charge in [-0.25, -0.2) is 27.6 Å². The first-order chi connectivity index (χ1) is 15.4. The Labute approximate surface area is 200 Å². The number of nitrogens with zero attached hydrogens (tertiary/aromatic N) is 3. The maximum Gasteiger partial charge on any atom is 0.430 e. The topological polar surface area (TPSA) is 101 Å².